The summed E-state index contributed by atoms with van der Waals surface area (Å²) in [6.07, 6.45) is 1.28. The molecule has 0 unspecified atom stereocenters. The van der Waals surface area contributed by atoms with E-state index in [-0.39, 0.29) is 33.6 Å². The first-order valence-electron chi connectivity index (χ1n) is 5.80. The highest BCUT2D eigenvalue weighted by atomic mass is 35.5. The lowest BCUT2D eigenvalue weighted by Gasteiger charge is -2.08. The van der Waals surface area contributed by atoms with Crippen molar-refractivity contribution in [3.63, 3.8) is 0 Å². The fourth-order valence-corrected chi connectivity index (χ4v) is 3.84. The van der Waals surface area contributed by atoms with Crippen LogP contribution < -0.4 is 10.5 Å². The van der Waals surface area contributed by atoms with E-state index in [2.05, 4.69) is 4.72 Å². The minimum absolute atomic E-state index is 0.0179. The molecule has 10 heteroatoms. The topological polar surface area (TPSA) is 106 Å². The highest BCUT2D eigenvalue weighted by Gasteiger charge is 2.16. The second kappa shape index (κ2) is 7.01. The summed E-state index contributed by atoms with van der Waals surface area (Å²) < 4.78 is 48.2. The number of benzene rings is 1. The number of thiocarbonyl (C=S) groups is 1. The van der Waals surface area contributed by atoms with Crippen molar-refractivity contribution in [3.05, 3.63) is 28.8 Å². The average molecular weight is 371 g/mol. The van der Waals surface area contributed by atoms with Crippen molar-refractivity contribution in [1.29, 1.82) is 0 Å². The van der Waals surface area contributed by atoms with Crippen molar-refractivity contribution < 1.29 is 16.8 Å². The molecule has 0 aliphatic rings. The maximum absolute atomic E-state index is 12.0. The van der Waals surface area contributed by atoms with Crippen LogP contribution in [0.4, 0.5) is 0 Å². The van der Waals surface area contributed by atoms with E-state index >= 15 is 0 Å². The monoisotopic (exact) mass is 370 g/mol. The van der Waals surface area contributed by atoms with E-state index in [4.69, 9.17) is 29.6 Å². The van der Waals surface area contributed by atoms with Gasteiger partial charge in [-0.25, -0.2) is 21.6 Å². The van der Waals surface area contributed by atoms with Crippen LogP contribution in [-0.4, -0.2) is 40.4 Å². The van der Waals surface area contributed by atoms with Gasteiger partial charge in [-0.15, -0.1) is 0 Å². The molecule has 0 saturated heterocycles. The van der Waals surface area contributed by atoms with Gasteiger partial charge in [0, 0.05) is 18.4 Å². The highest BCUT2D eigenvalue weighted by molar-refractivity contribution is 7.90. The van der Waals surface area contributed by atoms with E-state index in [1.54, 1.807) is 0 Å². The lowest BCUT2D eigenvalue weighted by atomic mass is 10.2. The Hall–Kier alpha value is -0.740. The number of sulfonamides is 1. The van der Waals surface area contributed by atoms with Crippen molar-refractivity contribution in [2.45, 2.75) is 11.3 Å². The van der Waals surface area contributed by atoms with Gasteiger partial charge in [0.2, 0.25) is 10.0 Å². The quantitative estimate of drug-likeness (QED) is 0.540. The van der Waals surface area contributed by atoms with Crippen LogP contribution in [-0.2, 0) is 19.9 Å². The van der Waals surface area contributed by atoms with Crippen LogP contribution in [0.25, 0.3) is 0 Å². The van der Waals surface area contributed by atoms with Crippen molar-refractivity contribution in [2.75, 3.05) is 18.6 Å². The predicted molar refractivity (Wildman–Crippen MR) is 86.9 cm³/mol. The molecule has 0 radical (unpaired) electrons. The van der Waals surface area contributed by atoms with Gasteiger partial charge in [0.05, 0.1) is 15.7 Å². The van der Waals surface area contributed by atoms with Gasteiger partial charge < -0.3 is 5.73 Å². The Morgan fingerprint density at radius 1 is 1.33 bits per heavy atom. The third-order valence-electron chi connectivity index (χ3n) is 2.50. The first-order valence-corrected chi connectivity index (χ1v) is 10.1. The average Bonchev–Trinajstić information content (AvgIpc) is 2.33. The summed E-state index contributed by atoms with van der Waals surface area (Å²) in [6, 6.07) is 4.00. The van der Waals surface area contributed by atoms with Gasteiger partial charge in [-0.2, -0.15) is 0 Å². The molecule has 0 aliphatic carbocycles. The van der Waals surface area contributed by atoms with Crippen molar-refractivity contribution >= 4 is 48.7 Å². The largest absolute Gasteiger partial charge is 0.389 e. The van der Waals surface area contributed by atoms with Crippen LogP contribution in [0.5, 0.6) is 0 Å². The molecule has 21 heavy (non-hydrogen) atoms. The molecule has 0 fully saturated rings. The number of sulfone groups is 1. The molecule has 0 saturated carbocycles. The molecule has 6 nitrogen and oxygen atoms in total. The first kappa shape index (κ1) is 18.3. The van der Waals surface area contributed by atoms with E-state index in [1.165, 1.54) is 18.2 Å². The minimum Gasteiger partial charge on any atom is -0.389 e. The SMILES string of the molecule is CS(=O)(=O)CCCNS(=O)(=O)c1ccc(C(N)=S)c(Cl)c1. The fraction of sp³-hybridized carbons (Fsp3) is 0.364. The lowest BCUT2D eigenvalue weighted by Crippen LogP contribution is -2.26. The third-order valence-corrected chi connectivity index (χ3v) is 5.52. The van der Waals surface area contributed by atoms with Gasteiger partial charge in [0.25, 0.3) is 0 Å². The number of rotatable bonds is 7. The Morgan fingerprint density at radius 3 is 2.43 bits per heavy atom. The van der Waals surface area contributed by atoms with E-state index in [0.29, 0.717) is 5.56 Å². The van der Waals surface area contributed by atoms with Gasteiger partial charge in [0.15, 0.2) is 0 Å². The third kappa shape index (κ3) is 5.87. The lowest BCUT2D eigenvalue weighted by molar-refractivity contribution is 0.577. The van der Waals surface area contributed by atoms with Crippen LogP contribution in [0.1, 0.15) is 12.0 Å². The molecule has 0 spiro atoms. The number of nitrogens with two attached hydrogens (primary N) is 1. The molecule has 0 aromatic heterocycles. The summed E-state index contributed by atoms with van der Waals surface area (Å²) in [5.41, 5.74) is 5.83. The van der Waals surface area contributed by atoms with Crippen molar-refractivity contribution in [3.8, 4) is 0 Å². The molecule has 0 aliphatic heterocycles. The highest BCUT2D eigenvalue weighted by Crippen LogP contribution is 2.20. The van der Waals surface area contributed by atoms with Crippen molar-refractivity contribution in [2.24, 2.45) is 5.73 Å². The molecule has 118 valence electrons. The van der Waals surface area contributed by atoms with Crippen LogP contribution in [0.15, 0.2) is 23.1 Å². The Labute approximate surface area is 134 Å². The molecular weight excluding hydrogens is 356 g/mol. The molecule has 0 heterocycles. The van der Waals surface area contributed by atoms with Gasteiger partial charge in [-0.3, -0.25) is 0 Å². The molecule has 0 atom stereocenters. The maximum atomic E-state index is 12.0. The second-order valence-electron chi connectivity index (χ2n) is 4.39. The summed E-state index contributed by atoms with van der Waals surface area (Å²) >= 11 is 10.7. The van der Waals surface area contributed by atoms with Crippen LogP contribution >= 0.6 is 23.8 Å². The summed E-state index contributed by atoms with van der Waals surface area (Å²) in [7, 11) is -6.87. The zero-order valence-electron chi connectivity index (χ0n) is 11.2. The summed E-state index contributed by atoms with van der Waals surface area (Å²) in [6.45, 7) is 0.0179. The molecule has 3 N–H and O–H groups in total. The number of nitrogens with one attached hydrogen (secondary N) is 1. The summed E-state index contributed by atoms with van der Waals surface area (Å²) in [4.78, 5) is 0.0388. The van der Waals surface area contributed by atoms with Gasteiger partial charge >= 0.3 is 0 Å². The van der Waals surface area contributed by atoms with Gasteiger partial charge in [-0.1, -0.05) is 23.8 Å². The number of hydrogen-bond donors (Lipinski definition) is 2. The molecule has 1 aromatic rings. The molecular formula is C11H15ClN2O4S3. The summed E-state index contributed by atoms with van der Waals surface area (Å²) in [5, 5.41) is 0.140. The van der Waals surface area contributed by atoms with Crippen LogP contribution in [0.3, 0.4) is 0 Å². The van der Waals surface area contributed by atoms with E-state index in [0.717, 1.165) is 6.26 Å². The first-order chi connectivity index (χ1) is 9.53. The van der Waals surface area contributed by atoms with Crippen LogP contribution in [0, 0.1) is 0 Å². The minimum atomic E-state index is -3.76. The molecule has 1 rings (SSSR count). The predicted octanol–water partition coefficient (Wildman–Crippen LogP) is 0.687. The maximum Gasteiger partial charge on any atom is 0.240 e. The Balaban J connectivity index is 2.79. The standard InChI is InChI=1S/C11H15ClN2O4S3/c1-20(15,16)6-2-5-14-21(17,18)8-3-4-9(11(13)19)10(12)7-8/h3-4,7,14H,2,5-6H2,1H3,(H2,13,19). The molecule has 0 amide bonds. The van der Waals surface area contributed by atoms with E-state index in [9.17, 15) is 16.8 Å². The van der Waals surface area contributed by atoms with E-state index < -0.39 is 19.9 Å². The Kier molecular flexibility index (Phi) is 6.11. The van der Waals surface area contributed by atoms with Crippen molar-refractivity contribution in [1.82, 2.24) is 4.72 Å². The zero-order valence-corrected chi connectivity index (χ0v) is 14.4. The normalized spacial score (nSPS) is 12.3. The van der Waals surface area contributed by atoms with Gasteiger partial charge in [0.1, 0.15) is 14.8 Å². The molecule has 0 bridgehead atoms. The Bertz CT molecular complexity index is 745. The van der Waals surface area contributed by atoms with Gasteiger partial charge in [-0.05, 0) is 24.6 Å². The number of halogens is 1. The fourth-order valence-electron chi connectivity index (χ4n) is 1.49. The zero-order chi connectivity index (χ0) is 16.3. The van der Waals surface area contributed by atoms with E-state index in [1.807, 2.05) is 0 Å². The Morgan fingerprint density at radius 2 is 1.95 bits per heavy atom. The summed E-state index contributed by atoms with van der Waals surface area (Å²) in [5.74, 6) is -0.0866. The van der Waals surface area contributed by atoms with Crippen LogP contribution in [0.2, 0.25) is 5.02 Å². The molecule has 1 aromatic carbocycles. The second-order valence-corrected chi connectivity index (χ2v) is 9.26. The smallest absolute Gasteiger partial charge is 0.240 e. The number of hydrogen-bond acceptors (Lipinski definition) is 5.